The molecule has 8 nitrogen and oxygen atoms in total. The van der Waals surface area contributed by atoms with E-state index in [4.69, 9.17) is 23.1 Å². The Balaban J connectivity index is 4.16. The summed E-state index contributed by atoms with van der Waals surface area (Å²) in [6.45, 7) is 10.1. The van der Waals surface area contributed by atoms with Crippen molar-refractivity contribution in [3.05, 3.63) is 0 Å². The number of aliphatic carboxylic acids is 1. The molecule has 0 radical (unpaired) electrons. The Bertz CT molecular complexity index is 462. The van der Waals surface area contributed by atoms with E-state index in [0.717, 1.165) is 18.2 Å². The number of nitrogens with zero attached hydrogens (tertiary/aromatic N) is 1. The molecular formula is C19H40NO7SSi+. The van der Waals surface area contributed by atoms with E-state index < -0.39 is 14.8 Å². The van der Waals surface area contributed by atoms with Gasteiger partial charge in [0.2, 0.25) is 0 Å². The van der Waals surface area contributed by atoms with Crippen LogP contribution < -0.4 is 0 Å². The fourth-order valence-electron chi connectivity index (χ4n) is 2.70. The Hall–Kier alpha value is -0.653. The zero-order valence-electron chi connectivity index (χ0n) is 18.9. The maximum Gasteiger partial charge on any atom is 0.500 e. The maximum atomic E-state index is 12.1. The van der Waals surface area contributed by atoms with Gasteiger partial charge in [-0.05, 0) is 32.9 Å². The third-order valence-corrected chi connectivity index (χ3v) is 8.60. The van der Waals surface area contributed by atoms with Gasteiger partial charge in [-0.3, -0.25) is 4.79 Å². The molecule has 1 atom stereocenters. The van der Waals surface area contributed by atoms with Crippen LogP contribution in [0.2, 0.25) is 6.04 Å². The Labute approximate surface area is 181 Å². The second-order valence-corrected chi connectivity index (χ2v) is 11.3. The molecule has 0 fully saturated rings. The summed E-state index contributed by atoms with van der Waals surface area (Å²) in [6, 6.07) is 0.769. The molecule has 0 amide bonds. The van der Waals surface area contributed by atoms with Gasteiger partial charge in [0.05, 0.1) is 20.0 Å². The monoisotopic (exact) mass is 454 g/mol. The molecule has 0 bridgehead atoms. The summed E-state index contributed by atoms with van der Waals surface area (Å²) in [7, 11) is 1.02. The number of hydrogen-bond acceptors (Lipinski definition) is 7. The lowest BCUT2D eigenvalue weighted by molar-refractivity contribution is -0.883. The van der Waals surface area contributed by atoms with Crippen LogP contribution in [0.4, 0.5) is 0 Å². The van der Waals surface area contributed by atoms with E-state index in [1.807, 2.05) is 27.7 Å². The number of quaternary nitrogens is 1. The summed E-state index contributed by atoms with van der Waals surface area (Å²) < 4.78 is 23.1. The molecule has 0 heterocycles. The molecule has 172 valence electrons. The van der Waals surface area contributed by atoms with Gasteiger partial charge in [-0.15, -0.1) is 0 Å². The highest BCUT2D eigenvalue weighted by atomic mass is 32.2. The van der Waals surface area contributed by atoms with Crippen LogP contribution in [0, 0.1) is 5.92 Å². The topological polar surface area (TPSA) is 91.3 Å². The molecule has 0 aromatic carbocycles. The first-order valence-electron chi connectivity index (χ1n) is 10.3. The minimum Gasteiger partial charge on any atom is -0.477 e. The Morgan fingerprint density at radius 2 is 1.62 bits per heavy atom. The highest BCUT2D eigenvalue weighted by Gasteiger charge is 2.39. The molecule has 1 N–H and O–H groups in total. The quantitative estimate of drug-likeness (QED) is 0.146. The van der Waals surface area contributed by atoms with Crippen molar-refractivity contribution in [3.63, 3.8) is 0 Å². The van der Waals surface area contributed by atoms with Crippen molar-refractivity contribution in [3.8, 4) is 0 Å². The average Bonchev–Trinajstić information content (AvgIpc) is 2.60. The summed E-state index contributed by atoms with van der Waals surface area (Å²) in [5.74, 6) is 0.259. The predicted octanol–water partition coefficient (Wildman–Crippen LogP) is 2.50. The van der Waals surface area contributed by atoms with E-state index in [2.05, 4.69) is 0 Å². The van der Waals surface area contributed by atoms with E-state index >= 15 is 0 Å². The second-order valence-electron chi connectivity index (χ2n) is 7.44. The third kappa shape index (κ3) is 13.3. The number of rotatable bonds is 18. The van der Waals surface area contributed by atoms with Gasteiger partial charge in [-0.25, -0.2) is 4.79 Å². The van der Waals surface area contributed by atoms with Crippen LogP contribution in [0.25, 0.3) is 0 Å². The number of hydrogen-bond donors (Lipinski definition) is 1. The van der Waals surface area contributed by atoms with E-state index in [1.165, 1.54) is 0 Å². The highest BCUT2D eigenvalue weighted by Crippen LogP contribution is 2.21. The largest absolute Gasteiger partial charge is 0.500 e. The number of esters is 1. The minimum absolute atomic E-state index is 0.000995. The van der Waals surface area contributed by atoms with Gasteiger partial charge < -0.3 is 27.6 Å². The first-order valence-corrected chi connectivity index (χ1v) is 13.4. The molecule has 0 aromatic heterocycles. The fourth-order valence-corrected chi connectivity index (χ4v) is 6.57. The molecule has 29 heavy (non-hydrogen) atoms. The molecule has 0 spiro atoms. The van der Waals surface area contributed by atoms with Crippen molar-refractivity contribution in [1.82, 2.24) is 0 Å². The fraction of sp³-hybridized carbons (Fsp3) is 0.895. The van der Waals surface area contributed by atoms with Crippen molar-refractivity contribution >= 4 is 32.5 Å². The number of likely N-dealkylation sites (N-methyl/N-ethyl adjacent to an activating group) is 1. The van der Waals surface area contributed by atoms with Gasteiger partial charge in [-0.2, -0.15) is 11.8 Å². The molecule has 10 heteroatoms. The summed E-state index contributed by atoms with van der Waals surface area (Å²) in [4.78, 5) is 22.9. The van der Waals surface area contributed by atoms with Gasteiger partial charge in [0.15, 0.2) is 6.54 Å². The SMILES string of the molecule is CCO[Si](CCCSCC(C)C(=O)OCC[N+](C)(C)CC(=O)O)(OCC)OCC. The second kappa shape index (κ2) is 15.2. The minimum atomic E-state index is -2.59. The Morgan fingerprint density at radius 1 is 1.07 bits per heavy atom. The zero-order chi connectivity index (χ0) is 22.3. The van der Waals surface area contributed by atoms with Crippen molar-refractivity contribution in [2.24, 2.45) is 5.92 Å². The van der Waals surface area contributed by atoms with E-state index in [1.54, 1.807) is 25.9 Å². The van der Waals surface area contributed by atoms with Crippen LogP contribution in [0.15, 0.2) is 0 Å². The predicted molar refractivity (Wildman–Crippen MR) is 117 cm³/mol. The molecule has 0 aromatic rings. The molecule has 0 saturated carbocycles. The molecule has 0 rings (SSSR count). The Kier molecular flexibility index (Phi) is 14.9. The molecular weight excluding hydrogens is 414 g/mol. The van der Waals surface area contributed by atoms with Gasteiger partial charge in [0.1, 0.15) is 13.2 Å². The van der Waals surface area contributed by atoms with E-state index in [-0.39, 0.29) is 29.5 Å². The number of carbonyl (C=O) groups excluding carboxylic acids is 1. The third-order valence-electron chi connectivity index (χ3n) is 4.14. The number of carboxylic acids is 1. The van der Waals surface area contributed by atoms with E-state index in [9.17, 15) is 9.59 Å². The first-order chi connectivity index (χ1) is 13.6. The van der Waals surface area contributed by atoms with Crippen LogP contribution in [0.5, 0.6) is 0 Å². The number of ether oxygens (including phenoxy) is 1. The molecule has 0 aliphatic carbocycles. The highest BCUT2D eigenvalue weighted by molar-refractivity contribution is 7.99. The van der Waals surface area contributed by atoms with Gasteiger partial charge >= 0.3 is 20.7 Å². The van der Waals surface area contributed by atoms with Gasteiger partial charge in [0, 0.05) is 31.6 Å². The van der Waals surface area contributed by atoms with Crippen LogP contribution in [0.1, 0.15) is 34.1 Å². The van der Waals surface area contributed by atoms with Crippen LogP contribution in [-0.4, -0.2) is 95.5 Å². The standard InChI is InChI=1S/C19H39NO7SSi/c1-7-25-29(26-8-2,27-9-3)14-10-13-28-16-17(4)19(23)24-12-11-20(5,6)15-18(21)22/h17H,7-16H2,1-6H3/p+1. The average molecular weight is 455 g/mol. The lowest BCUT2D eigenvalue weighted by Crippen LogP contribution is -2.46. The van der Waals surface area contributed by atoms with Gasteiger partial charge in [-0.1, -0.05) is 6.92 Å². The summed E-state index contributed by atoms with van der Waals surface area (Å²) in [6.07, 6.45) is 0.902. The first kappa shape index (κ1) is 28.3. The molecule has 1 unspecified atom stereocenters. The van der Waals surface area contributed by atoms with Crippen molar-refractivity contribution in [2.75, 3.05) is 65.1 Å². The summed E-state index contributed by atoms with van der Waals surface area (Å²) in [5.41, 5.74) is 0. The molecule has 0 aliphatic heterocycles. The van der Waals surface area contributed by atoms with Crippen molar-refractivity contribution < 1.29 is 37.2 Å². The Morgan fingerprint density at radius 3 is 2.10 bits per heavy atom. The van der Waals surface area contributed by atoms with Crippen molar-refractivity contribution in [2.45, 2.75) is 40.2 Å². The summed E-state index contributed by atoms with van der Waals surface area (Å²) >= 11 is 1.71. The van der Waals surface area contributed by atoms with Gasteiger partial charge in [0.25, 0.3) is 0 Å². The lowest BCUT2D eigenvalue weighted by atomic mass is 10.2. The molecule has 0 aliphatic rings. The van der Waals surface area contributed by atoms with E-state index in [0.29, 0.717) is 32.1 Å². The summed E-state index contributed by atoms with van der Waals surface area (Å²) in [5, 5.41) is 8.88. The zero-order valence-corrected chi connectivity index (χ0v) is 20.7. The van der Waals surface area contributed by atoms with Crippen LogP contribution >= 0.6 is 11.8 Å². The van der Waals surface area contributed by atoms with Crippen LogP contribution in [0.3, 0.4) is 0 Å². The lowest BCUT2D eigenvalue weighted by Gasteiger charge is -2.28. The number of carbonyl (C=O) groups is 2. The number of carboxylic acid groups (broad SMARTS) is 1. The van der Waals surface area contributed by atoms with Crippen molar-refractivity contribution in [1.29, 1.82) is 0 Å². The number of thioether (sulfide) groups is 1. The smallest absolute Gasteiger partial charge is 0.477 e. The molecule has 0 saturated heterocycles. The van der Waals surface area contributed by atoms with Crippen LogP contribution in [-0.2, 0) is 27.6 Å². The normalized spacial score (nSPS) is 13.3. The maximum absolute atomic E-state index is 12.1.